The number of nitrogens with two attached hydrogens (primary N) is 1. The third-order valence-electron chi connectivity index (χ3n) is 3.35. The van der Waals surface area contributed by atoms with E-state index in [-0.39, 0.29) is 11.8 Å². The van der Waals surface area contributed by atoms with Crippen LogP contribution in [0.15, 0.2) is 24.3 Å². The zero-order valence-corrected chi connectivity index (χ0v) is 16.0. The molecular formula is C17H25N3O3S2. The second-order valence-corrected chi connectivity index (χ2v) is 8.12. The molecule has 0 aromatic heterocycles. The van der Waals surface area contributed by atoms with E-state index < -0.39 is 6.04 Å². The Morgan fingerprint density at radius 3 is 2.20 bits per heavy atom. The van der Waals surface area contributed by atoms with Gasteiger partial charge >= 0.3 is 0 Å². The molecule has 0 saturated carbocycles. The van der Waals surface area contributed by atoms with Crippen LogP contribution >= 0.6 is 21.6 Å². The number of amides is 2. The van der Waals surface area contributed by atoms with Crippen molar-refractivity contribution >= 4 is 39.7 Å². The van der Waals surface area contributed by atoms with Crippen molar-refractivity contribution < 1.29 is 14.4 Å². The summed E-state index contributed by atoms with van der Waals surface area (Å²) < 4.78 is 0. The van der Waals surface area contributed by atoms with Crippen LogP contribution in [0.4, 0.5) is 0 Å². The van der Waals surface area contributed by atoms with Gasteiger partial charge in [0, 0.05) is 37.9 Å². The number of aldehydes is 1. The quantitative estimate of drug-likeness (QED) is 0.286. The van der Waals surface area contributed by atoms with Crippen LogP contribution < -0.4 is 16.4 Å². The minimum atomic E-state index is -0.475. The molecule has 1 aromatic rings. The zero-order valence-electron chi connectivity index (χ0n) is 14.3. The van der Waals surface area contributed by atoms with Crippen LogP contribution in [0.2, 0.25) is 0 Å². The number of carbonyl (C=O) groups is 3. The highest BCUT2D eigenvalue weighted by atomic mass is 33.1. The normalized spacial score (nSPS) is 11.6. The molecule has 0 aliphatic carbocycles. The van der Waals surface area contributed by atoms with Crippen LogP contribution in [0, 0.1) is 0 Å². The number of hydrogen-bond donors (Lipinski definition) is 3. The maximum Gasteiger partial charge on any atom is 0.221 e. The van der Waals surface area contributed by atoms with Gasteiger partial charge in [0.1, 0.15) is 6.29 Å². The second-order valence-electron chi connectivity index (χ2n) is 5.41. The van der Waals surface area contributed by atoms with Crippen molar-refractivity contribution in [2.45, 2.75) is 31.8 Å². The number of nitrogens with one attached hydrogen (secondary N) is 2. The standard InChI is InChI=1S/C17H25N3O3S2/c1-19-16(22)6-8-24-25-9-7-17(23)20-11-14-4-2-13(3-5-14)10-15(18)12-21/h2-5,12,15H,6-11,18H2,1H3,(H,19,22)(H,20,23)/t15-/m1/s1. The van der Waals surface area contributed by atoms with Crippen molar-refractivity contribution in [3.63, 3.8) is 0 Å². The van der Waals surface area contributed by atoms with E-state index in [1.54, 1.807) is 28.6 Å². The summed E-state index contributed by atoms with van der Waals surface area (Å²) >= 11 is 0. The molecule has 4 N–H and O–H groups in total. The van der Waals surface area contributed by atoms with Gasteiger partial charge in [0.15, 0.2) is 0 Å². The summed E-state index contributed by atoms with van der Waals surface area (Å²) in [5.74, 6) is 1.50. The van der Waals surface area contributed by atoms with Crippen molar-refractivity contribution in [3.8, 4) is 0 Å². The molecule has 0 radical (unpaired) electrons. The molecule has 0 unspecified atom stereocenters. The molecule has 0 spiro atoms. The van der Waals surface area contributed by atoms with Gasteiger partial charge in [-0.15, -0.1) is 0 Å². The predicted molar refractivity (Wildman–Crippen MR) is 104 cm³/mol. The van der Waals surface area contributed by atoms with Gasteiger partial charge in [-0.2, -0.15) is 0 Å². The Morgan fingerprint density at radius 1 is 1.08 bits per heavy atom. The number of rotatable bonds is 12. The van der Waals surface area contributed by atoms with Crippen LogP contribution in [-0.4, -0.2) is 42.7 Å². The van der Waals surface area contributed by atoms with Gasteiger partial charge in [-0.1, -0.05) is 45.9 Å². The van der Waals surface area contributed by atoms with Gasteiger partial charge in [-0.05, 0) is 17.5 Å². The maximum atomic E-state index is 11.8. The van der Waals surface area contributed by atoms with Crippen LogP contribution in [0.25, 0.3) is 0 Å². The molecule has 0 bridgehead atoms. The van der Waals surface area contributed by atoms with Crippen molar-refractivity contribution in [3.05, 3.63) is 35.4 Å². The smallest absolute Gasteiger partial charge is 0.221 e. The summed E-state index contributed by atoms with van der Waals surface area (Å²) in [5, 5.41) is 5.46. The summed E-state index contributed by atoms with van der Waals surface area (Å²) in [6.07, 6.45) is 2.20. The third kappa shape index (κ3) is 10.2. The minimum Gasteiger partial charge on any atom is -0.359 e. The third-order valence-corrected chi connectivity index (χ3v) is 5.75. The molecule has 8 heteroatoms. The fourth-order valence-electron chi connectivity index (χ4n) is 1.91. The van der Waals surface area contributed by atoms with Crippen LogP contribution in [0.5, 0.6) is 0 Å². The van der Waals surface area contributed by atoms with Gasteiger partial charge in [0.05, 0.1) is 6.04 Å². The van der Waals surface area contributed by atoms with Gasteiger partial charge in [0.25, 0.3) is 0 Å². The first-order chi connectivity index (χ1) is 12.0. The Labute approximate surface area is 156 Å². The molecule has 2 amide bonds. The molecule has 6 nitrogen and oxygen atoms in total. The molecule has 0 aliphatic heterocycles. The fraction of sp³-hybridized carbons (Fsp3) is 0.471. The molecule has 1 aromatic carbocycles. The summed E-state index contributed by atoms with van der Waals surface area (Å²) in [7, 11) is 4.83. The largest absolute Gasteiger partial charge is 0.359 e. The predicted octanol–water partition coefficient (Wildman–Crippen LogP) is 1.28. The molecule has 0 aliphatic rings. The monoisotopic (exact) mass is 383 g/mol. The Morgan fingerprint density at radius 2 is 1.64 bits per heavy atom. The van der Waals surface area contributed by atoms with Crippen LogP contribution in [0.1, 0.15) is 24.0 Å². The van der Waals surface area contributed by atoms with Gasteiger partial charge in [0.2, 0.25) is 11.8 Å². The molecule has 1 atom stereocenters. The highest BCUT2D eigenvalue weighted by Gasteiger charge is 2.04. The van der Waals surface area contributed by atoms with Gasteiger partial charge < -0.3 is 21.2 Å². The van der Waals surface area contributed by atoms with Crippen LogP contribution in [0.3, 0.4) is 0 Å². The summed E-state index contributed by atoms with van der Waals surface area (Å²) in [5.41, 5.74) is 7.60. The Bertz CT molecular complexity index is 553. The van der Waals surface area contributed by atoms with Crippen LogP contribution in [-0.2, 0) is 27.3 Å². The highest BCUT2D eigenvalue weighted by Crippen LogP contribution is 2.22. The number of carbonyl (C=O) groups excluding carboxylic acids is 3. The molecule has 0 saturated heterocycles. The average molecular weight is 384 g/mol. The van der Waals surface area contributed by atoms with Gasteiger partial charge in [-0.25, -0.2) is 0 Å². The van der Waals surface area contributed by atoms with Crippen molar-refractivity contribution in [1.82, 2.24) is 10.6 Å². The molecular weight excluding hydrogens is 358 g/mol. The average Bonchev–Trinajstić information content (AvgIpc) is 2.63. The first-order valence-corrected chi connectivity index (χ1v) is 10.5. The van der Waals surface area contributed by atoms with Gasteiger partial charge in [-0.3, -0.25) is 9.59 Å². The van der Waals surface area contributed by atoms with E-state index in [1.807, 2.05) is 24.3 Å². The molecule has 0 fully saturated rings. The lowest BCUT2D eigenvalue weighted by Gasteiger charge is -2.08. The van der Waals surface area contributed by atoms with E-state index in [1.165, 1.54) is 0 Å². The highest BCUT2D eigenvalue weighted by molar-refractivity contribution is 8.76. The van der Waals surface area contributed by atoms with Crippen molar-refractivity contribution in [2.24, 2.45) is 5.73 Å². The SMILES string of the molecule is CNC(=O)CCSSCCC(=O)NCc1ccc(C[C@@H](N)C=O)cc1. The molecule has 25 heavy (non-hydrogen) atoms. The van der Waals surface area contributed by atoms with E-state index >= 15 is 0 Å². The van der Waals surface area contributed by atoms with E-state index in [4.69, 9.17) is 5.73 Å². The first-order valence-electron chi connectivity index (χ1n) is 8.05. The van der Waals surface area contributed by atoms with E-state index in [9.17, 15) is 14.4 Å². The molecule has 1 rings (SSSR count). The lowest BCUT2D eigenvalue weighted by atomic mass is 10.1. The zero-order chi connectivity index (χ0) is 18.5. The number of benzene rings is 1. The van der Waals surface area contributed by atoms with Crippen molar-refractivity contribution in [1.29, 1.82) is 0 Å². The molecule has 0 heterocycles. The summed E-state index contributed by atoms with van der Waals surface area (Å²) in [4.78, 5) is 33.4. The number of hydrogen-bond acceptors (Lipinski definition) is 6. The Kier molecular flexibility index (Phi) is 11.0. The Hall–Kier alpha value is -1.51. The maximum absolute atomic E-state index is 11.8. The minimum absolute atomic E-state index is 0.00598. The first kappa shape index (κ1) is 21.5. The van der Waals surface area contributed by atoms with E-state index in [0.29, 0.717) is 31.6 Å². The summed E-state index contributed by atoms with van der Waals surface area (Å²) in [6, 6.07) is 7.22. The van der Waals surface area contributed by atoms with E-state index in [2.05, 4.69) is 10.6 Å². The molecule has 138 valence electrons. The lowest BCUT2D eigenvalue weighted by Crippen LogP contribution is -2.24. The van der Waals surface area contributed by atoms with E-state index in [0.717, 1.165) is 23.2 Å². The van der Waals surface area contributed by atoms with Crippen molar-refractivity contribution in [2.75, 3.05) is 18.6 Å². The Balaban J connectivity index is 2.15. The fourth-order valence-corrected chi connectivity index (χ4v) is 3.89. The second kappa shape index (κ2) is 12.8. The lowest BCUT2D eigenvalue weighted by molar-refractivity contribution is -0.121. The topological polar surface area (TPSA) is 101 Å². The summed E-state index contributed by atoms with van der Waals surface area (Å²) in [6.45, 7) is 0.479.